The van der Waals surface area contributed by atoms with Gasteiger partial charge in [0.2, 0.25) is 0 Å². The van der Waals surface area contributed by atoms with Crippen molar-refractivity contribution in [2.45, 2.75) is 6.54 Å². The van der Waals surface area contributed by atoms with Crippen LogP contribution in [0.25, 0.3) is 16.8 Å². The van der Waals surface area contributed by atoms with E-state index in [0.717, 1.165) is 5.56 Å². The topological polar surface area (TPSA) is 58.8 Å². The molecule has 5 heteroatoms. The first kappa shape index (κ1) is 15.2. The number of hydrogen-bond acceptors (Lipinski definition) is 4. The van der Waals surface area contributed by atoms with Gasteiger partial charge in [-0.2, -0.15) is 0 Å². The van der Waals surface area contributed by atoms with Gasteiger partial charge in [0, 0.05) is 18.9 Å². The molecule has 2 N–H and O–H groups in total. The molecule has 0 aliphatic heterocycles. The largest absolute Gasteiger partial charge is 0.377 e. The molecule has 124 valence electrons. The summed E-state index contributed by atoms with van der Waals surface area (Å²) in [5.41, 5.74) is 4.89. The van der Waals surface area contributed by atoms with E-state index in [1.54, 1.807) is 16.8 Å². The van der Waals surface area contributed by atoms with Crippen molar-refractivity contribution in [3.05, 3.63) is 84.7 Å². The molecule has 0 bridgehead atoms. The number of hydrogen-bond donors (Lipinski definition) is 2. The highest BCUT2D eigenvalue weighted by Gasteiger charge is 2.10. The van der Waals surface area contributed by atoms with E-state index in [4.69, 9.17) is 0 Å². The van der Waals surface area contributed by atoms with Crippen LogP contribution in [0.4, 0.5) is 5.69 Å². The summed E-state index contributed by atoms with van der Waals surface area (Å²) in [4.78, 5) is 8.73. The minimum Gasteiger partial charge on any atom is -0.377 e. The van der Waals surface area contributed by atoms with Gasteiger partial charge in [0.05, 0.1) is 0 Å². The molecule has 2 aromatic carbocycles. The molecule has 0 aliphatic rings. The average Bonchev–Trinajstić information content (AvgIpc) is 3.15. The quantitative estimate of drug-likeness (QED) is 0.418. The van der Waals surface area contributed by atoms with Crippen LogP contribution in [0, 0.1) is 0 Å². The Morgan fingerprint density at radius 2 is 1.80 bits per heavy atom. The molecule has 25 heavy (non-hydrogen) atoms. The molecule has 0 saturated heterocycles. The number of imidazole rings is 1. The number of pyridine rings is 1. The highest BCUT2D eigenvalue weighted by atomic mass is 17.1. The molecule has 0 amide bonds. The fourth-order valence-corrected chi connectivity index (χ4v) is 2.89. The van der Waals surface area contributed by atoms with Gasteiger partial charge in [-0.15, -0.1) is 0 Å². The standard InChI is InChI=1S/C20H17N3O2/c24-25-20-18(9-10-19-21-11-12-23(19)20)22-14-15-5-4-8-17(13-15)16-6-2-1-3-7-16/h1-13,22,24H,14H2. The molecular formula is C20H17N3O2. The highest BCUT2D eigenvalue weighted by Crippen LogP contribution is 2.26. The molecule has 0 unspecified atom stereocenters. The van der Waals surface area contributed by atoms with E-state index in [2.05, 4.69) is 45.5 Å². The van der Waals surface area contributed by atoms with Gasteiger partial charge in [-0.05, 0) is 34.9 Å². The summed E-state index contributed by atoms with van der Waals surface area (Å²) >= 11 is 0. The van der Waals surface area contributed by atoms with Gasteiger partial charge in [0.25, 0.3) is 5.88 Å². The zero-order chi connectivity index (χ0) is 17.1. The van der Waals surface area contributed by atoms with Crippen LogP contribution >= 0.6 is 0 Å². The van der Waals surface area contributed by atoms with Crippen molar-refractivity contribution < 1.29 is 10.1 Å². The predicted molar refractivity (Wildman–Crippen MR) is 97.7 cm³/mol. The monoisotopic (exact) mass is 331 g/mol. The number of anilines is 1. The van der Waals surface area contributed by atoms with E-state index in [9.17, 15) is 5.26 Å². The Morgan fingerprint density at radius 1 is 0.960 bits per heavy atom. The molecule has 0 saturated carbocycles. The molecule has 4 rings (SSSR count). The van der Waals surface area contributed by atoms with E-state index >= 15 is 0 Å². The molecular weight excluding hydrogens is 314 g/mol. The summed E-state index contributed by atoms with van der Waals surface area (Å²) < 4.78 is 1.68. The SMILES string of the molecule is OOc1c(NCc2cccc(-c3ccccc3)c2)ccc2nccn12. The zero-order valence-electron chi connectivity index (χ0n) is 13.5. The third-order valence-electron chi connectivity index (χ3n) is 4.12. The minimum atomic E-state index is 0.314. The van der Waals surface area contributed by atoms with Crippen LogP contribution < -0.4 is 10.2 Å². The van der Waals surface area contributed by atoms with E-state index in [-0.39, 0.29) is 0 Å². The van der Waals surface area contributed by atoms with Crippen LogP contribution in [0.15, 0.2) is 79.1 Å². The Balaban J connectivity index is 1.58. The summed E-state index contributed by atoms with van der Waals surface area (Å²) in [5.74, 6) is 0.314. The normalized spacial score (nSPS) is 10.8. The molecule has 4 aromatic rings. The van der Waals surface area contributed by atoms with Crippen molar-refractivity contribution in [1.29, 1.82) is 0 Å². The third-order valence-corrected chi connectivity index (χ3v) is 4.12. The van der Waals surface area contributed by atoms with Crippen molar-refractivity contribution >= 4 is 11.3 Å². The molecule has 0 radical (unpaired) electrons. The van der Waals surface area contributed by atoms with Crippen molar-refractivity contribution in [2.24, 2.45) is 0 Å². The van der Waals surface area contributed by atoms with Gasteiger partial charge in [0.1, 0.15) is 11.3 Å². The second-order valence-electron chi connectivity index (χ2n) is 5.72. The summed E-state index contributed by atoms with van der Waals surface area (Å²) in [6.45, 7) is 0.608. The fraction of sp³-hybridized carbons (Fsp3) is 0.0500. The maximum Gasteiger partial charge on any atom is 0.265 e. The zero-order valence-corrected chi connectivity index (χ0v) is 13.5. The average molecular weight is 331 g/mol. The van der Waals surface area contributed by atoms with E-state index in [0.29, 0.717) is 23.8 Å². The van der Waals surface area contributed by atoms with Crippen LogP contribution in [-0.4, -0.2) is 14.6 Å². The van der Waals surface area contributed by atoms with Gasteiger partial charge in [-0.1, -0.05) is 48.5 Å². The number of nitrogens with one attached hydrogen (secondary N) is 1. The van der Waals surface area contributed by atoms with Crippen molar-refractivity contribution in [1.82, 2.24) is 9.38 Å². The van der Waals surface area contributed by atoms with Gasteiger partial charge >= 0.3 is 0 Å². The lowest BCUT2D eigenvalue weighted by Gasteiger charge is -2.12. The van der Waals surface area contributed by atoms with Gasteiger partial charge in [0.15, 0.2) is 0 Å². The Morgan fingerprint density at radius 3 is 2.64 bits per heavy atom. The maximum atomic E-state index is 9.24. The Kier molecular flexibility index (Phi) is 4.06. The van der Waals surface area contributed by atoms with Crippen molar-refractivity contribution in [3.8, 4) is 17.0 Å². The number of nitrogens with zero attached hydrogens (tertiary/aromatic N) is 2. The maximum absolute atomic E-state index is 9.24. The first-order valence-electron chi connectivity index (χ1n) is 8.01. The molecule has 2 aromatic heterocycles. The second kappa shape index (κ2) is 6.67. The highest BCUT2D eigenvalue weighted by molar-refractivity contribution is 5.64. The van der Waals surface area contributed by atoms with E-state index in [1.165, 1.54) is 11.1 Å². The van der Waals surface area contributed by atoms with Crippen LogP contribution in [0.5, 0.6) is 5.88 Å². The van der Waals surface area contributed by atoms with Gasteiger partial charge in [-0.3, -0.25) is 4.40 Å². The first-order chi connectivity index (χ1) is 12.3. The fourth-order valence-electron chi connectivity index (χ4n) is 2.89. The Bertz CT molecular complexity index is 996. The van der Waals surface area contributed by atoms with Crippen LogP contribution in [0.3, 0.4) is 0 Å². The lowest BCUT2D eigenvalue weighted by atomic mass is 10.0. The Hall–Kier alpha value is -3.31. The van der Waals surface area contributed by atoms with Crippen molar-refractivity contribution in [3.63, 3.8) is 0 Å². The first-order valence-corrected chi connectivity index (χ1v) is 8.01. The summed E-state index contributed by atoms with van der Waals surface area (Å²) in [6, 6.07) is 22.3. The number of rotatable bonds is 5. The summed E-state index contributed by atoms with van der Waals surface area (Å²) in [5, 5.41) is 12.5. The predicted octanol–water partition coefficient (Wildman–Crippen LogP) is 4.47. The molecule has 2 heterocycles. The summed E-state index contributed by atoms with van der Waals surface area (Å²) in [7, 11) is 0. The van der Waals surface area contributed by atoms with Crippen LogP contribution in [0.2, 0.25) is 0 Å². The van der Waals surface area contributed by atoms with Crippen LogP contribution in [0.1, 0.15) is 5.56 Å². The molecule has 0 aliphatic carbocycles. The number of aromatic nitrogens is 2. The minimum absolute atomic E-state index is 0.314. The Labute approximate surface area is 145 Å². The molecule has 5 nitrogen and oxygen atoms in total. The van der Waals surface area contributed by atoms with E-state index in [1.807, 2.05) is 36.4 Å². The van der Waals surface area contributed by atoms with Crippen molar-refractivity contribution in [2.75, 3.05) is 5.32 Å². The smallest absolute Gasteiger partial charge is 0.265 e. The second-order valence-corrected chi connectivity index (χ2v) is 5.72. The van der Waals surface area contributed by atoms with Gasteiger partial charge in [-0.25, -0.2) is 10.2 Å². The van der Waals surface area contributed by atoms with E-state index < -0.39 is 0 Å². The number of benzene rings is 2. The molecule has 0 atom stereocenters. The number of fused-ring (bicyclic) bond motifs is 1. The molecule has 0 spiro atoms. The molecule has 0 fully saturated rings. The lowest BCUT2D eigenvalue weighted by molar-refractivity contribution is -0.141. The van der Waals surface area contributed by atoms with Crippen LogP contribution in [-0.2, 0) is 6.54 Å². The van der Waals surface area contributed by atoms with Gasteiger partial charge < -0.3 is 10.2 Å². The lowest BCUT2D eigenvalue weighted by Crippen LogP contribution is -2.04. The summed E-state index contributed by atoms with van der Waals surface area (Å²) in [6.07, 6.45) is 3.40. The third kappa shape index (κ3) is 3.05.